The average Bonchev–Trinajstić information content (AvgIpc) is 2.39. The molecule has 2 rings (SSSR count). The number of aryl methyl sites for hydroxylation is 1. The van der Waals surface area contributed by atoms with Gasteiger partial charge in [0.25, 0.3) is 0 Å². The second-order valence-electron chi connectivity index (χ2n) is 5.00. The number of benzene rings is 2. The molecule has 0 radical (unpaired) electrons. The van der Waals surface area contributed by atoms with Crippen LogP contribution in [0.15, 0.2) is 42.5 Å². The molecule has 104 valence electrons. The number of ether oxygens (including phenoxy) is 1. The van der Waals surface area contributed by atoms with Crippen LogP contribution in [0.2, 0.25) is 0 Å². The van der Waals surface area contributed by atoms with Crippen molar-refractivity contribution in [1.29, 1.82) is 0 Å². The topological polar surface area (TPSA) is 46.5 Å². The van der Waals surface area contributed by atoms with Gasteiger partial charge in [0, 0.05) is 5.56 Å². The first-order valence-corrected chi connectivity index (χ1v) is 6.59. The number of hydrogen-bond acceptors (Lipinski definition) is 2. The molecule has 0 saturated carbocycles. The molecule has 2 aromatic carbocycles. The van der Waals surface area contributed by atoms with Crippen molar-refractivity contribution in [3.63, 3.8) is 0 Å². The van der Waals surface area contributed by atoms with Gasteiger partial charge in [-0.1, -0.05) is 24.3 Å². The third kappa shape index (κ3) is 2.99. The third-order valence-electron chi connectivity index (χ3n) is 3.02. The summed E-state index contributed by atoms with van der Waals surface area (Å²) >= 11 is 0. The molecule has 0 heterocycles. The predicted molar refractivity (Wildman–Crippen MR) is 79.3 cm³/mol. The van der Waals surface area contributed by atoms with E-state index < -0.39 is 5.97 Å². The second-order valence-corrected chi connectivity index (χ2v) is 5.00. The van der Waals surface area contributed by atoms with Crippen LogP contribution in [0.4, 0.5) is 0 Å². The first kappa shape index (κ1) is 14.1. The highest BCUT2D eigenvalue weighted by Gasteiger charge is 2.12. The number of para-hydroxylation sites is 1. The van der Waals surface area contributed by atoms with Gasteiger partial charge in [-0.2, -0.15) is 0 Å². The largest absolute Gasteiger partial charge is 0.490 e. The van der Waals surface area contributed by atoms with E-state index in [0.717, 1.165) is 22.4 Å². The summed E-state index contributed by atoms with van der Waals surface area (Å²) in [7, 11) is 0. The maximum Gasteiger partial charge on any atom is 0.335 e. The molecule has 0 atom stereocenters. The van der Waals surface area contributed by atoms with Crippen LogP contribution in [0.3, 0.4) is 0 Å². The van der Waals surface area contributed by atoms with E-state index in [0.29, 0.717) is 0 Å². The molecule has 0 fully saturated rings. The van der Waals surface area contributed by atoms with Crippen LogP contribution < -0.4 is 4.74 Å². The summed E-state index contributed by atoms with van der Waals surface area (Å²) in [6.45, 7) is 5.90. The molecule has 1 N–H and O–H groups in total. The Morgan fingerprint density at radius 3 is 2.45 bits per heavy atom. The van der Waals surface area contributed by atoms with Crippen molar-refractivity contribution >= 4 is 5.97 Å². The number of carboxylic acid groups (broad SMARTS) is 1. The molecule has 0 aliphatic rings. The Bertz CT molecular complexity index is 630. The molecule has 0 unspecified atom stereocenters. The van der Waals surface area contributed by atoms with E-state index in [2.05, 4.69) is 0 Å². The summed E-state index contributed by atoms with van der Waals surface area (Å²) in [6, 6.07) is 12.8. The number of carbonyl (C=O) groups is 1. The van der Waals surface area contributed by atoms with Gasteiger partial charge in [-0.3, -0.25) is 0 Å². The summed E-state index contributed by atoms with van der Waals surface area (Å²) in [4.78, 5) is 11.1. The maximum atomic E-state index is 11.1. The van der Waals surface area contributed by atoms with Gasteiger partial charge in [0.15, 0.2) is 0 Å². The Morgan fingerprint density at radius 1 is 1.10 bits per heavy atom. The monoisotopic (exact) mass is 270 g/mol. The van der Waals surface area contributed by atoms with Crippen molar-refractivity contribution in [1.82, 2.24) is 0 Å². The summed E-state index contributed by atoms with van der Waals surface area (Å²) in [5, 5.41) is 9.13. The quantitative estimate of drug-likeness (QED) is 0.907. The van der Waals surface area contributed by atoms with E-state index >= 15 is 0 Å². The number of carboxylic acids is 1. The van der Waals surface area contributed by atoms with Gasteiger partial charge in [-0.05, 0) is 50.1 Å². The van der Waals surface area contributed by atoms with Gasteiger partial charge in [0.1, 0.15) is 5.75 Å². The Hall–Kier alpha value is -2.29. The maximum absolute atomic E-state index is 11.1. The summed E-state index contributed by atoms with van der Waals surface area (Å²) < 4.78 is 5.81. The van der Waals surface area contributed by atoms with E-state index in [1.807, 2.05) is 51.1 Å². The summed E-state index contributed by atoms with van der Waals surface area (Å²) in [5.41, 5.74) is 3.11. The van der Waals surface area contributed by atoms with Crippen molar-refractivity contribution in [2.24, 2.45) is 0 Å². The molecule has 20 heavy (non-hydrogen) atoms. The fourth-order valence-corrected chi connectivity index (χ4v) is 2.09. The molecule has 3 heteroatoms. The normalized spacial score (nSPS) is 10.6. The second kappa shape index (κ2) is 5.78. The Balaban J connectivity index is 2.56. The lowest BCUT2D eigenvalue weighted by Gasteiger charge is -2.16. The third-order valence-corrected chi connectivity index (χ3v) is 3.02. The average molecular weight is 270 g/mol. The molecule has 3 nitrogen and oxygen atoms in total. The molecule has 0 spiro atoms. The minimum absolute atomic E-state index is 0.0686. The molecule has 0 bridgehead atoms. The molecule has 0 saturated heterocycles. The van der Waals surface area contributed by atoms with Crippen molar-refractivity contribution in [3.05, 3.63) is 53.6 Å². The van der Waals surface area contributed by atoms with E-state index in [1.54, 1.807) is 12.1 Å². The first-order chi connectivity index (χ1) is 9.49. The highest BCUT2D eigenvalue weighted by Crippen LogP contribution is 2.33. The number of aromatic carboxylic acids is 1. The zero-order valence-corrected chi connectivity index (χ0v) is 11.9. The predicted octanol–water partition coefficient (Wildman–Crippen LogP) is 4.15. The van der Waals surface area contributed by atoms with Crippen LogP contribution in [0.5, 0.6) is 5.75 Å². The van der Waals surface area contributed by atoms with Gasteiger partial charge in [-0.15, -0.1) is 0 Å². The van der Waals surface area contributed by atoms with Crippen LogP contribution >= 0.6 is 0 Å². The Morgan fingerprint density at radius 2 is 1.80 bits per heavy atom. The Kier molecular flexibility index (Phi) is 4.08. The summed E-state index contributed by atoms with van der Waals surface area (Å²) in [5.74, 6) is -0.151. The lowest BCUT2D eigenvalue weighted by Crippen LogP contribution is -2.06. The van der Waals surface area contributed by atoms with Crippen LogP contribution in [0.1, 0.15) is 29.8 Å². The summed E-state index contributed by atoms with van der Waals surface area (Å²) in [6.07, 6.45) is 0.0686. The highest BCUT2D eigenvalue weighted by atomic mass is 16.5. The number of rotatable bonds is 4. The van der Waals surface area contributed by atoms with Crippen LogP contribution in [0.25, 0.3) is 11.1 Å². The van der Waals surface area contributed by atoms with Crippen LogP contribution in [0, 0.1) is 6.92 Å². The van der Waals surface area contributed by atoms with Crippen molar-refractivity contribution in [2.45, 2.75) is 26.9 Å². The highest BCUT2D eigenvalue weighted by molar-refractivity contribution is 5.90. The molecular formula is C17H18O3. The van der Waals surface area contributed by atoms with Gasteiger partial charge >= 0.3 is 5.97 Å². The fraction of sp³-hybridized carbons (Fsp3) is 0.235. The fourth-order valence-electron chi connectivity index (χ4n) is 2.09. The van der Waals surface area contributed by atoms with Crippen molar-refractivity contribution < 1.29 is 14.6 Å². The molecule has 2 aromatic rings. The molecular weight excluding hydrogens is 252 g/mol. The molecule has 0 aliphatic heterocycles. The van der Waals surface area contributed by atoms with Crippen molar-refractivity contribution in [2.75, 3.05) is 0 Å². The first-order valence-electron chi connectivity index (χ1n) is 6.59. The van der Waals surface area contributed by atoms with Gasteiger partial charge in [0.2, 0.25) is 0 Å². The van der Waals surface area contributed by atoms with Gasteiger partial charge in [0.05, 0.1) is 11.7 Å². The van der Waals surface area contributed by atoms with E-state index in [-0.39, 0.29) is 11.7 Å². The van der Waals surface area contributed by atoms with Gasteiger partial charge in [-0.25, -0.2) is 4.79 Å². The zero-order chi connectivity index (χ0) is 14.7. The lowest BCUT2D eigenvalue weighted by atomic mass is 9.97. The van der Waals surface area contributed by atoms with Crippen LogP contribution in [-0.4, -0.2) is 17.2 Å². The van der Waals surface area contributed by atoms with Crippen LogP contribution in [-0.2, 0) is 0 Å². The minimum Gasteiger partial charge on any atom is -0.490 e. The lowest BCUT2D eigenvalue weighted by molar-refractivity contribution is 0.0697. The van der Waals surface area contributed by atoms with E-state index in [4.69, 9.17) is 9.84 Å². The Labute approximate surface area is 118 Å². The smallest absolute Gasteiger partial charge is 0.335 e. The SMILES string of the molecule is Cc1ccc(C(=O)O)cc1-c1ccccc1OC(C)C. The standard InChI is InChI=1S/C17H18O3/c1-11(2)20-16-7-5-4-6-14(16)15-10-13(17(18)19)9-8-12(15)3/h4-11H,1-3H3,(H,18,19). The molecule has 0 aromatic heterocycles. The molecule has 0 aliphatic carbocycles. The van der Waals surface area contributed by atoms with Gasteiger partial charge < -0.3 is 9.84 Å². The molecule has 0 amide bonds. The zero-order valence-electron chi connectivity index (χ0n) is 11.9. The van der Waals surface area contributed by atoms with E-state index in [9.17, 15) is 4.79 Å². The number of hydrogen-bond donors (Lipinski definition) is 1. The minimum atomic E-state index is -0.923. The van der Waals surface area contributed by atoms with E-state index in [1.165, 1.54) is 0 Å². The van der Waals surface area contributed by atoms with Crippen molar-refractivity contribution in [3.8, 4) is 16.9 Å².